The fourth-order valence-corrected chi connectivity index (χ4v) is 2.77. The molecule has 0 atom stereocenters. The van der Waals surface area contributed by atoms with E-state index in [0.29, 0.717) is 5.56 Å². The first kappa shape index (κ1) is 15.9. The van der Waals surface area contributed by atoms with Gasteiger partial charge in [-0.15, -0.1) is 0 Å². The molecule has 124 valence electrons. The number of carbonyl (C=O) groups is 1. The van der Waals surface area contributed by atoms with Crippen LogP contribution in [0.1, 0.15) is 17.3 Å². The van der Waals surface area contributed by atoms with E-state index in [1.807, 2.05) is 24.3 Å². The maximum absolute atomic E-state index is 11.3. The summed E-state index contributed by atoms with van der Waals surface area (Å²) in [5, 5.41) is 10.7. The first-order valence-electron chi connectivity index (χ1n) is 7.76. The summed E-state index contributed by atoms with van der Waals surface area (Å²) in [5.74, 6) is 0.822. The Balaban J connectivity index is 1.62. The highest BCUT2D eigenvalue weighted by Crippen LogP contribution is 2.21. The normalized spacial score (nSPS) is 14.5. The summed E-state index contributed by atoms with van der Waals surface area (Å²) < 4.78 is 0. The molecule has 0 N–H and O–H groups in total. The lowest BCUT2D eigenvalue weighted by Gasteiger charge is -2.36. The molecule has 0 radical (unpaired) electrons. The molecule has 0 saturated carbocycles. The number of aromatic nitrogens is 1. The number of pyridine rings is 1. The quantitative estimate of drug-likeness (QED) is 0.488. The smallest absolute Gasteiger partial charge is 0.287 e. The molecule has 0 unspecified atom stereocenters. The molecule has 0 bridgehead atoms. The van der Waals surface area contributed by atoms with Crippen molar-refractivity contribution in [1.82, 2.24) is 4.98 Å². The van der Waals surface area contributed by atoms with E-state index in [0.717, 1.165) is 37.7 Å². The third kappa shape index (κ3) is 3.34. The lowest BCUT2D eigenvalue weighted by atomic mass is 10.1. The van der Waals surface area contributed by atoms with Crippen LogP contribution < -0.4 is 9.80 Å². The van der Waals surface area contributed by atoms with Crippen LogP contribution in [0, 0.1) is 10.1 Å². The lowest BCUT2D eigenvalue weighted by molar-refractivity contribution is -0.385. The molecule has 7 nitrogen and oxygen atoms in total. The van der Waals surface area contributed by atoms with E-state index in [9.17, 15) is 14.9 Å². The molecule has 1 aliphatic heterocycles. The Morgan fingerprint density at radius 2 is 1.67 bits per heavy atom. The molecule has 24 heavy (non-hydrogen) atoms. The van der Waals surface area contributed by atoms with Crippen LogP contribution in [-0.2, 0) is 0 Å². The molecule has 7 heteroatoms. The van der Waals surface area contributed by atoms with Crippen LogP contribution in [-0.4, -0.2) is 41.9 Å². The first-order valence-corrected chi connectivity index (χ1v) is 7.76. The van der Waals surface area contributed by atoms with E-state index in [1.54, 1.807) is 13.0 Å². The van der Waals surface area contributed by atoms with Crippen molar-refractivity contribution in [3.63, 3.8) is 0 Å². The van der Waals surface area contributed by atoms with Gasteiger partial charge in [-0.3, -0.25) is 14.9 Å². The van der Waals surface area contributed by atoms with Crippen LogP contribution in [0.3, 0.4) is 0 Å². The largest absolute Gasteiger partial charge is 0.368 e. The number of anilines is 2. The van der Waals surface area contributed by atoms with Crippen molar-refractivity contribution < 1.29 is 9.72 Å². The van der Waals surface area contributed by atoms with Crippen molar-refractivity contribution >= 4 is 23.0 Å². The van der Waals surface area contributed by atoms with Crippen molar-refractivity contribution in [1.29, 1.82) is 0 Å². The van der Waals surface area contributed by atoms with Gasteiger partial charge in [0, 0.05) is 43.5 Å². The SMILES string of the molecule is CC(=O)c1ccc(N2CCN(c3ccc([N+](=O)[O-])cn3)CC2)cc1. The summed E-state index contributed by atoms with van der Waals surface area (Å²) >= 11 is 0. The van der Waals surface area contributed by atoms with Crippen LogP contribution in [0.15, 0.2) is 42.6 Å². The Bertz CT molecular complexity index is 670. The molecule has 2 heterocycles. The summed E-state index contributed by atoms with van der Waals surface area (Å²) in [6, 6.07) is 10.8. The summed E-state index contributed by atoms with van der Waals surface area (Å²) in [5.41, 5.74) is 1.81. The molecule has 1 aromatic heterocycles. The average Bonchev–Trinajstić information content (AvgIpc) is 2.62. The average molecular weight is 326 g/mol. The Kier molecular flexibility index (Phi) is 4.41. The van der Waals surface area contributed by atoms with Gasteiger partial charge in [0.25, 0.3) is 5.69 Å². The number of hydrogen-bond acceptors (Lipinski definition) is 6. The van der Waals surface area contributed by atoms with E-state index in [4.69, 9.17) is 0 Å². The van der Waals surface area contributed by atoms with Crippen LogP contribution in [0.2, 0.25) is 0 Å². The van der Waals surface area contributed by atoms with Gasteiger partial charge in [0.2, 0.25) is 0 Å². The van der Waals surface area contributed by atoms with E-state index < -0.39 is 4.92 Å². The van der Waals surface area contributed by atoms with E-state index in [-0.39, 0.29) is 11.5 Å². The van der Waals surface area contributed by atoms with Gasteiger partial charge in [0.15, 0.2) is 5.78 Å². The Morgan fingerprint density at radius 1 is 1.04 bits per heavy atom. The second kappa shape index (κ2) is 6.66. The summed E-state index contributed by atoms with van der Waals surface area (Å²) in [4.78, 5) is 30.1. The van der Waals surface area contributed by atoms with E-state index in [2.05, 4.69) is 14.8 Å². The summed E-state index contributed by atoms with van der Waals surface area (Å²) in [7, 11) is 0. The van der Waals surface area contributed by atoms with Gasteiger partial charge in [-0.1, -0.05) is 0 Å². The number of nitro groups is 1. The van der Waals surface area contributed by atoms with Gasteiger partial charge in [-0.25, -0.2) is 4.98 Å². The minimum Gasteiger partial charge on any atom is -0.368 e. The fraction of sp³-hybridized carbons (Fsp3) is 0.294. The van der Waals surface area contributed by atoms with Gasteiger partial charge < -0.3 is 9.80 Å². The Labute approximate surface area is 139 Å². The standard InChI is InChI=1S/C17H18N4O3/c1-13(22)14-2-4-15(5-3-14)19-8-10-20(11-9-19)17-7-6-16(12-18-17)21(23)24/h2-7,12H,8-11H2,1H3. The number of benzene rings is 1. The number of carbonyl (C=O) groups excluding carboxylic acids is 1. The molecule has 3 rings (SSSR count). The highest BCUT2D eigenvalue weighted by molar-refractivity contribution is 5.94. The van der Waals surface area contributed by atoms with Gasteiger partial charge in [-0.2, -0.15) is 0 Å². The molecule has 0 amide bonds. The van der Waals surface area contributed by atoms with E-state index >= 15 is 0 Å². The minimum absolute atomic E-state index is 0.00273. The number of ketones is 1. The van der Waals surface area contributed by atoms with Crippen LogP contribution in [0.25, 0.3) is 0 Å². The molecule has 1 saturated heterocycles. The highest BCUT2D eigenvalue weighted by atomic mass is 16.6. The molecule has 0 spiro atoms. The third-order valence-electron chi connectivity index (χ3n) is 4.19. The van der Waals surface area contributed by atoms with Crippen molar-refractivity contribution in [2.24, 2.45) is 0 Å². The maximum atomic E-state index is 11.3. The lowest BCUT2D eigenvalue weighted by Crippen LogP contribution is -2.46. The van der Waals surface area contributed by atoms with Crippen molar-refractivity contribution in [2.75, 3.05) is 36.0 Å². The second-order valence-corrected chi connectivity index (χ2v) is 5.71. The van der Waals surface area contributed by atoms with Gasteiger partial charge in [-0.05, 0) is 37.3 Å². The first-order chi connectivity index (χ1) is 11.5. The fourth-order valence-electron chi connectivity index (χ4n) is 2.77. The third-order valence-corrected chi connectivity index (χ3v) is 4.19. The van der Waals surface area contributed by atoms with Gasteiger partial charge in [0.1, 0.15) is 12.0 Å². The molecule has 2 aromatic rings. The minimum atomic E-state index is -0.445. The maximum Gasteiger partial charge on any atom is 0.287 e. The van der Waals surface area contributed by atoms with Crippen LogP contribution >= 0.6 is 0 Å². The zero-order valence-electron chi connectivity index (χ0n) is 13.4. The van der Waals surface area contributed by atoms with Crippen molar-refractivity contribution in [3.05, 3.63) is 58.3 Å². The summed E-state index contributed by atoms with van der Waals surface area (Å²) in [6.07, 6.45) is 1.29. The zero-order chi connectivity index (χ0) is 17.1. The Hall–Kier alpha value is -2.96. The van der Waals surface area contributed by atoms with Gasteiger partial charge in [0.05, 0.1) is 4.92 Å². The molecule has 1 aliphatic rings. The predicted octanol–water partition coefficient (Wildman–Crippen LogP) is 2.52. The topological polar surface area (TPSA) is 79.6 Å². The second-order valence-electron chi connectivity index (χ2n) is 5.71. The monoisotopic (exact) mass is 326 g/mol. The molecule has 1 fully saturated rings. The number of hydrogen-bond donors (Lipinski definition) is 0. The molecule has 1 aromatic carbocycles. The summed E-state index contributed by atoms with van der Waals surface area (Å²) in [6.45, 7) is 4.81. The number of piperazine rings is 1. The highest BCUT2D eigenvalue weighted by Gasteiger charge is 2.19. The van der Waals surface area contributed by atoms with Crippen molar-refractivity contribution in [3.8, 4) is 0 Å². The zero-order valence-corrected chi connectivity index (χ0v) is 13.4. The predicted molar refractivity (Wildman–Crippen MR) is 91.8 cm³/mol. The molecular formula is C17H18N4O3. The van der Waals surface area contributed by atoms with Gasteiger partial charge >= 0.3 is 0 Å². The number of rotatable bonds is 4. The van der Waals surface area contributed by atoms with Crippen molar-refractivity contribution in [2.45, 2.75) is 6.92 Å². The number of nitrogens with zero attached hydrogens (tertiary/aromatic N) is 4. The van der Waals surface area contributed by atoms with Crippen LogP contribution in [0.5, 0.6) is 0 Å². The molecular weight excluding hydrogens is 308 g/mol. The van der Waals surface area contributed by atoms with Crippen LogP contribution in [0.4, 0.5) is 17.2 Å². The Morgan fingerprint density at radius 3 is 2.17 bits per heavy atom. The van der Waals surface area contributed by atoms with E-state index in [1.165, 1.54) is 12.3 Å². The molecule has 0 aliphatic carbocycles. The number of Topliss-reactive ketones (excluding diaryl/α,β-unsaturated/α-hetero) is 1.